The topological polar surface area (TPSA) is 51.2 Å². The van der Waals surface area contributed by atoms with Crippen molar-refractivity contribution < 1.29 is 9.53 Å². The first-order valence-electron chi connectivity index (χ1n) is 7.53. The fourth-order valence-electron chi connectivity index (χ4n) is 2.70. The highest BCUT2D eigenvalue weighted by Crippen LogP contribution is 2.41. The number of aryl methyl sites for hydroxylation is 1. The third-order valence-corrected chi connectivity index (χ3v) is 4.89. The molecule has 0 saturated carbocycles. The molecule has 1 aliphatic rings. The number of cyclic esters (lactones) is 1. The number of esters is 1. The molecule has 4 nitrogen and oxygen atoms in total. The van der Waals surface area contributed by atoms with Crippen LogP contribution in [0.1, 0.15) is 37.9 Å². The van der Waals surface area contributed by atoms with E-state index in [0.717, 1.165) is 22.9 Å². The van der Waals surface area contributed by atoms with Crippen LogP contribution < -0.4 is 5.32 Å². The number of carbonyl (C=O) groups excluding carboxylic acids is 1. The second-order valence-electron chi connectivity index (χ2n) is 5.99. The van der Waals surface area contributed by atoms with Crippen LogP contribution in [0.5, 0.6) is 0 Å². The Bertz CT molecular complexity index is 680. The second kappa shape index (κ2) is 5.72. The fraction of sp³-hybridized carbons (Fsp3) is 0.412. The molecule has 2 unspecified atom stereocenters. The number of aromatic nitrogens is 1. The summed E-state index contributed by atoms with van der Waals surface area (Å²) in [6, 6.07) is 8.17. The third kappa shape index (κ3) is 2.86. The van der Waals surface area contributed by atoms with Gasteiger partial charge in [-0.1, -0.05) is 24.6 Å². The van der Waals surface area contributed by atoms with Crippen LogP contribution >= 0.6 is 11.3 Å². The predicted molar refractivity (Wildman–Crippen MR) is 88.4 cm³/mol. The van der Waals surface area contributed by atoms with Crippen LogP contribution in [0.2, 0.25) is 0 Å². The van der Waals surface area contributed by atoms with E-state index in [1.807, 2.05) is 31.4 Å². The molecule has 0 radical (unpaired) electrons. The minimum absolute atomic E-state index is 0.0137. The molecule has 116 valence electrons. The molecule has 1 aliphatic heterocycles. The summed E-state index contributed by atoms with van der Waals surface area (Å²) in [5.41, 5.74) is 2.46. The third-order valence-electron chi connectivity index (χ3n) is 4.14. The zero-order valence-corrected chi connectivity index (χ0v) is 13.9. The molecule has 3 rings (SSSR count). The molecular formula is C17H20N2O2S. The molecule has 5 heteroatoms. The van der Waals surface area contributed by atoms with Gasteiger partial charge in [0.25, 0.3) is 0 Å². The van der Waals surface area contributed by atoms with Crippen LogP contribution in [-0.2, 0) is 15.1 Å². The normalized spacial score (nSPS) is 24.3. The molecule has 1 saturated heterocycles. The van der Waals surface area contributed by atoms with Crippen molar-refractivity contribution in [2.75, 3.05) is 5.32 Å². The minimum atomic E-state index is -0.596. The lowest BCUT2D eigenvalue weighted by Gasteiger charge is -2.19. The maximum atomic E-state index is 11.9. The number of hydrogen-bond acceptors (Lipinski definition) is 5. The number of thiazole rings is 1. The van der Waals surface area contributed by atoms with E-state index >= 15 is 0 Å². The van der Waals surface area contributed by atoms with Crippen LogP contribution in [0.15, 0.2) is 29.6 Å². The summed E-state index contributed by atoms with van der Waals surface area (Å²) in [5, 5.41) is 6.09. The van der Waals surface area contributed by atoms with E-state index in [4.69, 9.17) is 4.74 Å². The van der Waals surface area contributed by atoms with Crippen molar-refractivity contribution in [3.8, 4) is 0 Å². The van der Waals surface area contributed by atoms with Gasteiger partial charge in [0, 0.05) is 17.5 Å². The zero-order chi connectivity index (χ0) is 15.7. The van der Waals surface area contributed by atoms with Gasteiger partial charge in [0.2, 0.25) is 0 Å². The molecule has 2 heterocycles. The Morgan fingerprint density at radius 3 is 2.77 bits per heavy atom. The lowest BCUT2D eigenvalue weighted by molar-refractivity contribution is -0.150. The Kier molecular flexibility index (Phi) is 3.91. The molecule has 2 aromatic rings. The lowest BCUT2D eigenvalue weighted by atomic mass is 9.92. The Hall–Kier alpha value is -1.88. The molecule has 0 spiro atoms. The van der Waals surface area contributed by atoms with Crippen molar-refractivity contribution >= 4 is 28.1 Å². The van der Waals surface area contributed by atoms with Crippen LogP contribution in [0.25, 0.3) is 0 Å². The Labute approximate surface area is 134 Å². The highest BCUT2D eigenvalue weighted by atomic mass is 32.1. The number of hydrogen-bond donors (Lipinski definition) is 1. The molecule has 1 fully saturated rings. The number of benzene rings is 1. The second-order valence-corrected chi connectivity index (χ2v) is 6.85. The first kappa shape index (κ1) is 15.0. The number of nitrogens with zero attached hydrogens (tertiary/aromatic N) is 1. The van der Waals surface area contributed by atoms with Crippen molar-refractivity contribution in [1.29, 1.82) is 0 Å². The maximum absolute atomic E-state index is 11.9. The smallest absolute Gasteiger partial charge is 0.310 e. The average Bonchev–Trinajstić information content (AvgIpc) is 3.07. The van der Waals surface area contributed by atoms with Gasteiger partial charge in [0.05, 0.1) is 11.6 Å². The quantitative estimate of drug-likeness (QED) is 0.850. The summed E-state index contributed by atoms with van der Waals surface area (Å²) in [5.74, 6) is -0.119. The molecular weight excluding hydrogens is 296 g/mol. The maximum Gasteiger partial charge on any atom is 0.310 e. The Morgan fingerprint density at radius 1 is 1.41 bits per heavy atom. The van der Waals surface area contributed by atoms with Crippen molar-refractivity contribution in [1.82, 2.24) is 4.98 Å². The first-order chi connectivity index (χ1) is 10.5. The molecule has 1 aromatic carbocycles. The van der Waals surface area contributed by atoms with Gasteiger partial charge in [0.1, 0.15) is 0 Å². The number of carbonyl (C=O) groups is 1. The van der Waals surface area contributed by atoms with E-state index in [1.54, 1.807) is 0 Å². The predicted octanol–water partition coefficient (Wildman–Crippen LogP) is 4.38. The van der Waals surface area contributed by atoms with Gasteiger partial charge in [-0.25, -0.2) is 4.98 Å². The summed E-state index contributed by atoms with van der Waals surface area (Å²) >= 11 is 1.53. The summed E-state index contributed by atoms with van der Waals surface area (Å²) in [6.45, 7) is 6.03. The standard InChI is InChI=1S/C17H20N2O2S/c1-4-12-9-17(3,21-15(12)20)14-10-22-16(19-14)18-13-7-5-11(2)6-8-13/h5-8,10,12H,4,9H2,1-3H3,(H,18,19). The summed E-state index contributed by atoms with van der Waals surface area (Å²) in [7, 11) is 0. The largest absolute Gasteiger partial charge is 0.453 e. The molecule has 2 atom stereocenters. The van der Waals surface area contributed by atoms with Crippen molar-refractivity contribution in [2.45, 2.75) is 39.2 Å². The van der Waals surface area contributed by atoms with E-state index in [-0.39, 0.29) is 11.9 Å². The van der Waals surface area contributed by atoms with E-state index < -0.39 is 5.60 Å². The van der Waals surface area contributed by atoms with Crippen molar-refractivity contribution in [3.05, 3.63) is 40.9 Å². The number of anilines is 2. The molecule has 0 aliphatic carbocycles. The summed E-state index contributed by atoms with van der Waals surface area (Å²) in [6.07, 6.45) is 1.52. The average molecular weight is 316 g/mol. The first-order valence-corrected chi connectivity index (χ1v) is 8.40. The minimum Gasteiger partial charge on any atom is -0.453 e. The van der Waals surface area contributed by atoms with E-state index in [9.17, 15) is 4.79 Å². The van der Waals surface area contributed by atoms with E-state index in [1.165, 1.54) is 16.9 Å². The highest BCUT2D eigenvalue weighted by molar-refractivity contribution is 7.13. The number of ether oxygens (including phenoxy) is 1. The SMILES string of the molecule is CCC1CC(C)(c2csc(Nc3ccc(C)cc3)n2)OC1=O. The van der Waals surface area contributed by atoms with Crippen LogP contribution in [-0.4, -0.2) is 11.0 Å². The van der Waals surface area contributed by atoms with Gasteiger partial charge in [-0.05, 0) is 32.4 Å². The van der Waals surface area contributed by atoms with Crippen molar-refractivity contribution in [3.63, 3.8) is 0 Å². The number of rotatable bonds is 4. The summed E-state index contributed by atoms with van der Waals surface area (Å²) < 4.78 is 5.60. The Balaban J connectivity index is 1.76. The lowest BCUT2D eigenvalue weighted by Crippen LogP contribution is -2.21. The summed E-state index contributed by atoms with van der Waals surface area (Å²) in [4.78, 5) is 16.5. The fourth-order valence-corrected chi connectivity index (χ4v) is 3.56. The van der Waals surface area contributed by atoms with Gasteiger partial charge in [-0.15, -0.1) is 11.3 Å². The molecule has 1 aromatic heterocycles. The van der Waals surface area contributed by atoms with Crippen LogP contribution in [0.3, 0.4) is 0 Å². The molecule has 0 bridgehead atoms. The monoisotopic (exact) mass is 316 g/mol. The van der Waals surface area contributed by atoms with Gasteiger partial charge in [-0.3, -0.25) is 4.79 Å². The number of nitrogens with one attached hydrogen (secondary N) is 1. The van der Waals surface area contributed by atoms with Gasteiger partial charge >= 0.3 is 5.97 Å². The van der Waals surface area contributed by atoms with Gasteiger partial charge < -0.3 is 10.1 Å². The molecule has 0 amide bonds. The van der Waals surface area contributed by atoms with Crippen LogP contribution in [0.4, 0.5) is 10.8 Å². The van der Waals surface area contributed by atoms with E-state index in [2.05, 4.69) is 29.4 Å². The molecule has 22 heavy (non-hydrogen) atoms. The van der Waals surface area contributed by atoms with E-state index in [0.29, 0.717) is 6.42 Å². The zero-order valence-electron chi connectivity index (χ0n) is 13.1. The molecule has 1 N–H and O–H groups in total. The van der Waals surface area contributed by atoms with Crippen molar-refractivity contribution in [2.24, 2.45) is 5.92 Å². The highest BCUT2D eigenvalue weighted by Gasteiger charge is 2.45. The van der Waals surface area contributed by atoms with Crippen LogP contribution in [0, 0.1) is 12.8 Å². The van der Waals surface area contributed by atoms with Gasteiger partial charge in [-0.2, -0.15) is 0 Å². The van der Waals surface area contributed by atoms with Gasteiger partial charge in [0.15, 0.2) is 10.7 Å². The Morgan fingerprint density at radius 2 is 2.14 bits per heavy atom.